The lowest BCUT2D eigenvalue weighted by Gasteiger charge is -2.35. The van der Waals surface area contributed by atoms with Crippen molar-refractivity contribution in [1.82, 2.24) is 15.5 Å². The molecule has 0 unspecified atom stereocenters. The first-order valence-electron chi connectivity index (χ1n) is 6.94. The second-order valence-corrected chi connectivity index (χ2v) is 5.47. The summed E-state index contributed by atoms with van der Waals surface area (Å²) in [5, 5.41) is 6.44. The number of nitrogens with zero attached hydrogens (tertiary/aromatic N) is 1. The second-order valence-electron chi connectivity index (χ2n) is 5.47. The van der Waals surface area contributed by atoms with Gasteiger partial charge in [-0.15, -0.1) is 0 Å². The summed E-state index contributed by atoms with van der Waals surface area (Å²) in [5.74, 6) is 0.996. The first-order chi connectivity index (χ1) is 8.24. The number of carbonyl (C=O) groups is 1. The molecule has 17 heavy (non-hydrogen) atoms. The highest BCUT2D eigenvalue weighted by Gasteiger charge is 2.22. The molecule has 2 heterocycles. The van der Waals surface area contributed by atoms with Gasteiger partial charge in [-0.3, -0.25) is 4.79 Å². The quantitative estimate of drug-likeness (QED) is 0.757. The van der Waals surface area contributed by atoms with E-state index in [0.717, 1.165) is 31.8 Å². The van der Waals surface area contributed by atoms with Crippen LogP contribution in [0.5, 0.6) is 0 Å². The lowest BCUT2D eigenvalue weighted by atomic mass is 9.96. The maximum Gasteiger partial charge on any atom is 0.217 e. The zero-order valence-electron chi connectivity index (χ0n) is 10.9. The molecular formula is C13H25N3O. The van der Waals surface area contributed by atoms with Gasteiger partial charge in [-0.1, -0.05) is 0 Å². The van der Waals surface area contributed by atoms with E-state index in [2.05, 4.69) is 15.5 Å². The maximum absolute atomic E-state index is 11.0. The van der Waals surface area contributed by atoms with Crippen molar-refractivity contribution in [3.05, 3.63) is 0 Å². The highest BCUT2D eigenvalue weighted by atomic mass is 16.1. The normalized spacial score (nSPS) is 24.8. The molecule has 0 radical (unpaired) electrons. The van der Waals surface area contributed by atoms with Crippen LogP contribution in [0.4, 0.5) is 0 Å². The molecule has 0 bridgehead atoms. The average Bonchev–Trinajstić information content (AvgIpc) is 2.32. The molecule has 0 aliphatic carbocycles. The lowest BCUT2D eigenvalue weighted by molar-refractivity contribution is -0.119. The number of piperidine rings is 2. The van der Waals surface area contributed by atoms with Gasteiger partial charge in [0.05, 0.1) is 0 Å². The van der Waals surface area contributed by atoms with Crippen molar-refractivity contribution in [3.63, 3.8) is 0 Å². The molecule has 0 aromatic rings. The molecule has 2 N–H and O–H groups in total. The minimum Gasteiger partial charge on any atom is -0.354 e. The van der Waals surface area contributed by atoms with E-state index in [1.165, 1.54) is 32.5 Å². The van der Waals surface area contributed by atoms with Gasteiger partial charge in [-0.2, -0.15) is 0 Å². The molecule has 0 saturated carbocycles. The Hall–Kier alpha value is -0.610. The fraction of sp³-hybridized carbons (Fsp3) is 0.923. The Morgan fingerprint density at radius 1 is 1.24 bits per heavy atom. The van der Waals surface area contributed by atoms with Crippen molar-refractivity contribution in [2.75, 3.05) is 32.7 Å². The summed E-state index contributed by atoms with van der Waals surface area (Å²) in [5.41, 5.74) is 0. The van der Waals surface area contributed by atoms with Gasteiger partial charge in [-0.25, -0.2) is 0 Å². The summed E-state index contributed by atoms with van der Waals surface area (Å²) in [7, 11) is 0. The van der Waals surface area contributed by atoms with Crippen LogP contribution < -0.4 is 10.6 Å². The number of likely N-dealkylation sites (tertiary alicyclic amines) is 1. The van der Waals surface area contributed by atoms with Crippen molar-refractivity contribution in [2.24, 2.45) is 5.92 Å². The summed E-state index contributed by atoms with van der Waals surface area (Å²) in [4.78, 5) is 13.6. The SMILES string of the molecule is CC(=O)NC1CCN(CC2CCNCC2)CC1. The minimum atomic E-state index is 0.113. The molecule has 4 heteroatoms. The molecule has 2 rings (SSSR count). The lowest BCUT2D eigenvalue weighted by Crippen LogP contribution is -2.46. The predicted molar refractivity (Wildman–Crippen MR) is 68.9 cm³/mol. The topological polar surface area (TPSA) is 44.4 Å². The fourth-order valence-corrected chi connectivity index (χ4v) is 2.98. The highest BCUT2D eigenvalue weighted by molar-refractivity contribution is 5.73. The first kappa shape index (κ1) is 12.8. The van der Waals surface area contributed by atoms with Crippen LogP contribution in [0.15, 0.2) is 0 Å². The molecule has 2 aliphatic rings. The summed E-state index contributed by atoms with van der Waals surface area (Å²) in [6.45, 7) is 7.54. The fourth-order valence-electron chi connectivity index (χ4n) is 2.98. The van der Waals surface area contributed by atoms with E-state index in [1.807, 2.05) is 0 Å². The number of carbonyl (C=O) groups excluding carboxylic acids is 1. The number of hydrogen-bond donors (Lipinski definition) is 2. The molecule has 2 aliphatic heterocycles. The molecule has 4 nitrogen and oxygen atoms in total. The second kappa shape index (κ2) is 6.36. The van der Waals surface area contributed by atoms with Crippen molar-refractivity contribution in [3.8, 4) is 0 Å². The maximum atomic E-state index is 11.0. The van der Waals surface area contributed by atoms with Crippen LogP contribution in [0.1, 0.15) is 32.6 Å². The molecule has 2 saturated heterocycles. The molecule has 0 spiro atoms. The summed E-state index contributed by atoms with van der Waals surface area (Å²) < 4.78 is 0. The van der Waals surface area contributed by atoms with Crippen LogP contribution in [-0.2, 0) is 4.79 Å². The average molecular weight is 239 g/mol. The smallest absolute Gasteiger partial charge is 0.217 e. The zero-order chi connectivity index (χ0) is 12.1. The molecule has 1 amide bonds. The van der Waals surface area contributed by atoms with E-state index in [9.17, 15) is 4.79 Å². The van der Waals surface area contributed by atoms with Crippen molar-refractivity contribution < 1.29 is 4.79 Å². The third kappa shape index (κ3) is 4.28. The van der Waals surface area contributed by atoms with Gasteiger partial charge in [-0.05, 0) is 44.7 Å². The molecular weight excluding hydrogens is 214 g/mol. The summed E-state index contributed by atoms with van der Waals surface area (Å²) >= 11 is 0. The molecule has 0 atom stereocenters. The number of amides is 1. The molecule has 0 aromatic carbocycles. The van der Waals surface area contributed by atoms with Gasteiger partial charge < -0.3 is 15.5 Å². The largest absolute Gasteiger partial charge is 0.354 e. The van der Waals surface area contributed by atoms with E-state index >= 15 is 0 Å². The van der Waals surface area contributed by atoms with Gasteiger partial charge in [0, 0.05) is 32.6 Å². The molecule has 98 valence electrons. The van der Waals surface area contributed by atoms with Crippen LogP contribution in [-0.4, -0.2) is 49.6 Å². The van der Waals surface area contributed by atoms with E-state index < -0.39 is 0 Å². The zero-order valence-corrected chi connectivity index (χ0v) is 10.9. The minimum absolute atomic E-state index is 0.113. The number of nitrogens with one attached hydrogen (secondary N) is 2. The predicted octanol–water partition coefficient (Wildman–Crippen LogP) is 0.587. The van der Waals surface area contributed by atoms with Crippen LogP contribution >= 0.6 is 0 Å². The van der Waals surface area contributed by atoms with E-state index in [0.29, 0.717) is 6.04 Å². The standard InChI is InChI=1S/C13H25N3O/c1-11(17)15-13-4-8-16(9-5-13)10-12-2-6-14-7-3-12/h12-14H,2-10H2,1H3,(H,15,17). The van der Waals surface area contributed by atoms with Crippen LogP contribution in [0, 0.1) is 5.92 Å². The monoisotopic (exact) mass is 239 g/mol. The van der Waals surface area contributed by atoms with Gasteiger partial charge in [0.1, 0.15) is 0 Å². The van der Waals surface area contributed by atoms with Gasteiger partial charge >= 0.3 is 0 Å². The van der Waals surface area contributed by atoms with Crippen LogP contribution in [0.3, 0.4) is 0 Å². The Morgan fingerprint density at radius 2 is 1.88 bits per heavy atom. The molecule has 0 aromatic heterocycles. The van der Waals surface area contributed by atoms with Gasteiger partial charge in [0.2, 0.25) is 5.91 Å². The third-order valence-corrected chi connectivity index (χ3v) is 3.97. The van der Waals surface area contributed by atoms with E-state index in [1.54, 1.807) is 6.92 Å². The van der Waals surface area contributed by atoms with Gasteiger partial charge in [0.15, 0.2) is 0 Å². The third-order valence-electron chi connectivity index (χ3n) is 3.97. The Balaban J connectivity index is 1.66. The Bertz CT molecular complexity index is 243. The van der Waals surface area contributed by atoms with Gasteiger partial charge in [0.25, 0.3) is 0 Å². The first-order valence-corrected chi connectivity index (χ1v) is 6.94. The molecule has 2 fully saturated rings. The van der Waals surface area contributed by atoms with E-state index in [-0.39, 0.29) is 5.91 Å². The van der Waals surface area contributed by atoms with Crippen molar-refractivity contribution in [2.45, 2.75) is 38.6 Å². The summed E-state index contributed by atoms with van der Waals surface area (Å²) in [6.07, 6.45) is 4.88. The van der Waals surface area contributed by atoms with Crippen molar-refractivity contribution in [1.29, 1.82) is 0 Å². The van der Waals surface area contributed by atoms with Crippen molar-refractivity contribution >= 4 is 5.91 Å². The Kier molecular flexibility index (Phi) is 4.80. The highest BCUT2D eigenvalue weighted by Crippen LogP contribution is 2.17. The van der Waals surface area contributed by atoms with Crippen LogP contribution in [0.2, 0.25) is 0 Å². The van der Waals surface area contributed by atoms with E-state index in [4.69, 9.17) is 0 Å². The number of hydrogen-bond acceptors (Lipinski definition) is 3. The summed E-state index contributed by atoms with van der Waals surface area (Å²) in [6, 6.07) is 0.414. The van der Waals surface area contributed by atoms with Crippen LogP contribution in [0.25, 0.3) is 0 Å². The Labute approximate surface area is 104 Å². The number of rotatable bonds is 3. The Morgan fingerprint density at radius 3 is 2.47 bits per heavy atom.